The summed E-state index contributed by atoms with van der Waals surface area (Å²) < 4.78 is 0. The highest BCUT2D eigenvalue weighted by molar-refractivity contribution is 5.85. The van der Waals surface area contributed by atoms with Crippen LogP contribution in [0.25, 0.3) is 0 Å². The predicted molar refractivity (Wildman–Crippen MR) is 73.3 cm³/mol. The molecule has 0 bridgehead atoms. The first-order valence-electron chi connectivity index (χ1n) is 5.62. The van der Waals surface area contributed by atoms with E-state index in [0.29, 0.717) is 6.04 Å². The average molecular weight is 246 g/mol. The van der Waals surface area contributed by atoms with Crippen molar-refractivity contribution < 1.29 is 5.48 Å². The van der Waals surface area contributed by atoms with Gasteiger partial charge in [-0.2, -0.15) is 0 Å². The Hall–Kier alpha value is -0.570. The summed E-state index contributed by atoms with van der Waals surface area (Å²) in [5, 5.41) is 0. The van der Waals surface area contributed by atoms with Crippen LogP contribution < -0.4 is 0 Å². The highest BCUT2D eigenvalue weighted by Crippen LogP contribution is 2.22. The zero-order valence-electron chi connectivity index (χ0n) is 10.4. The van der Waals surface area contributed by atoms with Gasteiger partial charge in [0.2, 0.25) is 0 Å². The predicted octanol–water partition coefficient (Wildman–Crippen LogP) is 3.08. The molecule has 94 valence electrons. The van der Waals surface area contributed by atoms with Crippen molar-refractivity contribution >= 4 is 12.4 Å². The molecule has 2 nitrogen and oxygen atoms in total. The fourth-order valence-electron chi connectivity index (χ4n) is 2.04. The van der Waals surface area contributed by atoms with Crippen molar-refractivity contribution in [3.8, 4) is 0 Å². The second-order valence-corrected chi connectivity index (χ2v) is 3.56. The molecule has 1 unspecified atom stereocenters. The van der Waals surface area contributed by atoms with Crippen LogP contribution in [0.4, 0.5) is 0 Å². The molecule has 0 aliphatic heterocycles. The van der Waals surface area contributed by atoms with E-state index >= 15 is 0 Å². The summed E-state index contributed by atoms with van der Waals surface area (Å²) >= 11 is 0. The molecule has 0 aromatic heterocycles. The summed E-state index contributed by atoms with van der Waals surface area (Å²) in [7, 11) is 0. The number of halogens is 1. The van der Waals surface area contributed by atoms with Crippen molar-refractivity contribution in [3.63, 3.8) is 0 Å². The van der Waals surface area contributed by atoms with Gasteiger partial charge in [-0.25, -0.2) is 0 Å². The Morgan fingerprint density at radius 2 is 1.50 bits per heavy atom. The fraction of sp³-hybridized carbons (Fsp3) is 0.538. The maximum atomic E-state index is 2.51. The van der Waals surface area contributed by atoms with Gasteiger partial charge in [-0.3, -0.25) is 4.90 Å². The summed E-state index contributed by atoms with van der Waals surface area (Å²) in [6.07, 6.45) is 1.19. The number of nitrogens with zero attached hydrogens (tertiary/aromatic N) is 1. The molecule has 0 aliphatic rings. The van der Waals surface area contributed by atoms with Gasteiger partial charge in [-0.05, 0) is 25.1 Å². The summed E-state index contributed by atoms with van der Waals surface area (Å²) in [6, 6.07) is 11.4. The maximum Gasteiger partial charge on any atom is 0.0345 e. The molecule has 3 heteroatoms. The lowest BCUT2D eigenvalue weighted by Crippen LogP contribution is -2.27. The van der Waals surface area contributed by atoms with Gasteiger partial charge in [0, 0.05) is 6.04 Å². The smallest absolute Gasteiger partial charge is 0.0345 e. The SMILES string of the molecule is CCC(c1ccccc1)N(CC)CC.Cl.O. The molecule has 16 heavy (non-hydrogen) atoms. The third-order valence-corrected chi connectivity index (χ3v) is 2.82. The highest BCUT2D eigenvalue weighted by Gasteiger charge is 2.14. The van der Waals surface area contributed by atoms with Gasteiger partial charge in [-0.15, -0.1) is 12.4 Å². The van der Waals surface area contributed by atoms with Crippen LogP contribution in [0, 0.1) is 0 Å². The molecule has 0 spiro atoms. The van der Waals surface area contributed by atoms with Crippen LogP contribution in [-0.4, -0.2) is 23.5 Å². The summed E-state index contributed by atoms with van der Waals surface area (Å²) in [4.78, 5) is 2.51. The average Bonchev–Trinajstić information content (AvgIpc) is 2.27. The van der Waals surface area contributed by atoms with Gasteiger partial charge < -0.3 is 5.48 Å². The van der Waals surface area contributed by atoms with Crippen molar-refractivity contribution in [1.29, 1.82) is 0 Å². The van der Waals surface area contributed by atoms with Crippen LogP contribution >= 0.6 is 12.4 Å². The maximum absolute atomic E-state index is 2.51. The molecular formula is C13H24ClNO. The van der Waals surface area contributed by atoms with Crippen LogP contribution in [0.15, 0.2) is 30.3 Å². The van der Waals surface area contributed by atoms with Crippen LogP contribution in [0.1, 0.15) is 38.8 Å². The number of hydrogen-bond donors (Lipinski definition) is 0. The van der Waals surface area contributed by atoms with Gasteiger partial charge >= 0.3 is 0 Å². The van der Waals surface area contributed by atoms with Gasteiger partial charge in [0.15, 0.2) is 0 Å². The molecule has 1 aromatic carbocycles. The Morgan fingerprint density at radius 1 is 1.00 bits per heavy atom. The second-order valence-electron chi connectivity index (χ2n) is 3.56. The number of benzene rings is 1. The molecule has 0 radical (unpaired) electrons. The van der Waals surface area contributed by atoms with Gasteiger partial charge in [0.05, 0.1) is 0 Å². The van der Waals surface area contributed by atoms with E-state index in [2.05, 4.69) is 56.0 Å². The summed E-state index contributed by atoms with van der Waals surface area (Å²) in [6.45, 7) is 8.98. The highest BCUT2D eigenvalue weighted by atomic mass is 35.5. The summed E-state index contributed by atoms with van der Waals surface area (Å²) in [5.41, 5.74) is 1.44. The van der Waals surface area contributed by atoms with Gasteiger partial charge in [0.25, 0.3) is 0 Å². The third kappa shape index (κ3) is 4.52. The van der Waals surface area contributed by atoms with E-state index in [1.54, 1.807) is 0 Å². The van der Waals surface area contributed by atoms with Crippen molar-refractivity contribution in [2.45, 2.75) is 33.2 Å². The van der Waals surface area contributed by atoms with E-state index in [9.17, 15) is 0 Å². The quantitative estimate of drug-likeness (QED) is 0.785. The normalized spacial score (nSPS) is 11.5. The zero-order chi connectivity index (χ0) is 10.4. The second kappa shape index (κ2) is 9.64. The molecule has 0 heterocycles. The van der Waals surface area contributed by atoms with Crippen LogP contribution in [0.5, 0.6) is 0 Å². The van der Waals surface area contributed by atoms with Crippen LogP contribution in [0.3, 0.4) is 0 Å². The lowest BCUT2D eigenvalue weighted by molar-refractivity contribution is 0.213. The van der Waals surface area contributed by atoms with E-state index in [-0.39, 0.29) is 17.9 Å². The van der Waals surface area contributed by atoms with E-state index in [1.165, 1.54) is 12.0 Å². The van der Waals surface area contributed by atoms with E-state index in [0.717, 1.165) is 13.1 Å². The lowest BCUT2D eigenvalue weighted by Gasteiger charge is -2.29. The van der Waals surface area contributed by atoms with Crippen LogP contribution in [-0.2, 0) is 0 Å². The standard InChI is InChI=1S/C13H21N.ClH.H2O/c1-4-13(14(5-2)6-3)12-10-8-7-9-11-12;;/h7-11,13H,4-6H2,1-3H3;1H;1H2. The van der Waals surface area contributed by atoms with E-state index < -0.39 is 0 Å². The van der Waals surface area contributed by atoms with Crippen molar-refractivity contribution in [3.05, 3.63) is 35.9 Å². The fourth-order valence-corrected chi connectivity index (χ4v) is 2.04. The monoisotopic (exact) mass is 245 g/mol. The summed E-state index contributed by atoms with van der Waals surface area (Å²) in [5.74, 6) is 0. The molecule has 0 saturated carbocycles. The molecule has 0 aliphatic carbocycles. The lowest BCUT2D eigenvalue weighted by atomic mass is 10.0. The van der Waals surface area contributed by atoms with Crippen molar-refractivity contribution in [2.75, 3.05) is 13.1 Å². The molecule has 0 saturated heterocycles. The van der Waals surface area contributed by atoms with Crippen LogP contribution in [0.2, 0.25) is 0 Å². The first kappa shape index (κ1) is 17.8. The first-order chi connectivity index (χ1) is 6.83. The minimum Gasteiger partial charge on any atom is -0.412 e. The molecule has 0 fully saturated rings. The Morgan fingerprint density at radius 3 is 1.88 bits per heavy atom. The van der Waals surface area contributed by atoms with Crippen molar-refractivity contribution in [2.24, 2.45) is 0 Å². The Labute approximate surface area is 105 Å². The Balaban J connectivity index is 0. The molecule has 1 rings (SSSR count). The van der Waals surface area contributed by atoms with Gasteiger partial charge in [-0.1, -0.05) is 51.1 Å². The number of hydrogen-bond acceptors (Lipinski definition) is 1. The third-order valence-electron chi connectivity index (χ3n) is 2.82. The Bertz CT molecular complexity index is 249. The van der Waals surface area contributed by atoms with Gasteiger partial charge in [0.1, 0.15) is 0 Å². The largest absolute Gasteiger partial charge is 0.412 e. The molecule has 0 amide bonds. The van der Waals surface area contributed by atoms with Crippen molar-refractivity contribution in [1.82, 2.24) is 4.90 Å². The number of rotatable bonds is 5. The molecule has 1 aromatic rings. The zero-order valence-corrected chi connectivity index (χ0v) is 11.3. The topological polar surface area (TPSA) is 34.7 Å². The molecule has 2 N–H and O–H groups in total. The molecule has 1 atom stereocenters. The van der Waals surface area contributed by atoms with E-state index in [1.807, 2.05) is 0 Å². The Kier molecular flexibility index (Phi) is 10.7. The minimum absolute atomic E-state index is 0. The first-order valence-corrected chi connectivity index (χ1v) is 5.62. The minimum atomic E-state index is 0. The molecular weight excluding hydrogens is 222 g/mol. The van der Waals surface area contributed by atoms with E-state index in [4.69, 9.17) is 0 Å².